The number of rotatable bonds is 4. The van der Waals surface area contributed by atoms with Crippen LogP contribution >= 0.6 is 0 Å². The van der Waals surface area contributed by atoms with Gasteiger partial charge in [0.25, 0.3) is 0 Å². The molecule has 1 atom stereocenters. The molecule has 1 fully saturated rings. The first-order valence-corrected chi connectivity index (χ1v) is 5.24. The van der Waals surface area contributed by atoms with Crippen LogP contribution in [0.15, 0.2) is 0 Å². The highest BCUT2D eigenvalue weighted by atomic mass is 16.5. The van der Waals surface area contributed by atoms with E-state index in [-0.39, 0.29) is 5.91 Å². The molecule has 1 aliphatic rings. The number of nitrogens with two attached hydrogens (primary N) is 1. The van der Waals surface area contributed by atoms with Crippen molar-refractivity contribution in [1.82, 2.24) is 4.90 Å². The number of ether oxygens (including phenoxy) is 1. The van der Waals surface area contributed by atoms with Crippen molar-refractivity contribution in [3.05, 3.63) is 0 Å². The molecule has 0 unspecified atom stereocenters. The van der Waals surface area contributed by atoms with Gasteiger partial charge in [-0.2, -0.15) is 0 Å². The van der Waals surface area contributed by atoms with Crippen LogP contribution in [0.4, 0.5) is 0 Å². The molecule has 14 heavy (non-hydrogen) atoms. The minimum absolute atomic E-state index is 0.188. The summed E-state index contributed by atoms with van der Waals surface area (Å²) in [4.78, 5) is 13.5. The summed E-state index contributed by atoms with van der Waals surface area (Å²) in [5.41, 5.74) is 5.36. The van der Waals surface area contributed by atoms with E-state index in [1.54, 1.807) is 7.11 Å². The zero-order valence-electron chi connectivity index (χ0n) is 8.87. The van der Waals surface area contributed by atoms with Crippen LogP contribution in [-0.2, 0) is 9.53 Å². The molecule has 0 aromatic rings. The van der Waals surface area contributed by atoms with Crippen LogP contribution < -0.4 is 5.73 Å². The number of nitrogens with zero attached hydrogens (tertiary/aromatic N) is 1. The highest BCUT2D eigenvalue weighted by Gasteiger charge is 2.22. The van der Waals surface area contributed by atoms with Gasteiger partial charge in [0.2, 0.25) is 5.91 Å². The Bertz CT molecular complexity index is 183. The van der Waals surface area contributed by atoms with E-state index >= 15 is 0 Å². The van der Waals surface area contributed by atoms with E-state index in [0.29, 0.717) is 18.9 Å². The molecule has 2 N–H and O–H groups in total. The summed E-state index contributed by atoms with van der Waals surface area (Å²) in [6, 6.07) is 0. The van der Waals surface area contributed by atoms with Crippen LogP contribution in [0.25, 0.3) is 0 Å². The zero-order valence-corrected chi connectivity index (χ0v) is 8.87. The first kappa shape index (κ1) is 11.5. The van der Waals surface area contributed by atoms with Gasteiger partial charge in [-0.05, 0) is 18.8 Å². The van der Waals surface area contributed by atoms with Gasteiger partial charge < -0.3 is 15.4 Å². The second-order valence-electron chi connectivity index (χ2n) is 3.84. The van der Waals surface area contributed by atoms with Crippen molar-refractivity contribution in [2.75, 3.05) is 33.4 Å². The maximum absolute atomic E-state index is 11.6. The fourth-order valence-corrected chi connectivity index (χ4v) is 1.94. The minimum atomic E-state index is 0.188. The summed E-state index contributed by atoms with van der Waals surface area (Å²) in [5, 5.41) is 0. The number of carbonyl (C=O) groups excluding carboxylic acids is 1. The molecule has 82 valence electrons. The molecular formula is C10H20N2O2. The summed E-state index contributed by atoms with van der Waals surface area (Å²) in [7, 11) is 1.71. The van der Waals surface area contributed by atoms with Gasteiger partial charge in [0.05, 0.1) is 6.61 Å². The van der Waals surface area contributed by atoms with Gasteiger partial charge in [-0.25, -0.2) is 0 Å². The van der Waals surface area contributed by atoms with Crippen LogP contribution in [0.1, 0.15) is 19.3 Å². The van der Waals surface area contributed by atoms with E-state index < -0.39 is 0 Å². The van der Waals surface area contributed by atoms with E-state index in [9.17, 15) is 4.79 Å². The molecule has 1 rings (SSSR count). The molecule has 1 saturated heterocycles. The summed E-state index contributed by atoms with van der Waals surface area (Å²) in [5.74, 6) is 0.698. The molecule has 0 saturated carbocycles. The predicted octanol–water partition coefficient (Wildman–Crippen LogP) is 0.220. The molecular weight excluding hydrogens is 180 g/mol. The molecule has 0 radical (unpaired) electrons. The van der Waals surface area contributed by atoms with E-state index in [4.69, 9.17) is 10.5 Å². The summed E-state index contributed by atoms with van der Waals surface area (Å²) < 4.78 is 5.11. The van der Waals surface area contributed by atoms with E-state index in [2.05, 4.69) is 0 Å². The Labute approximate surface area is 85.4 Å². The van der Waals surface area contributed by atoms with Crippen LogP contribution in [0, 0.1) is 5.92 Å². The number of methoxy groups -OCH3 is 1. The van der Waals surface area contributed by atoms with Gasteiger partial charge in [-0.1, -0.05) is 0 Å². The van der Waals surface area contributed by atoms with E-state index in [0.717, 1.165) is 26.1 Å². The number of hydrogen-bond acceptors (Lipinski definition) is 3. The van der Waals surface area contributed by atoms with Crippen molar-refractivity contribution < 1.29 is 9.53 Å². The van der Waals surface area contributed by atoms with Crippen molar-refractivity contribution >= 4 is 5.91 Å². The highest BCUT2D eigenvalue weighted by Crippen LogP contribution is 2.16. The molecule has 0 aliphatic carbocycles. The Hall–Kier alpha value is -0.610. The monoisotopic (exact) mass is 200 g/mol. The Morgan fingerprint density at radius 3 is 3.07 bits per heavy atom. The van der Waals surface area contributed by atoms with Crippen LogP contribution in [0.2, 0.25) is 0 Å². The Kier molecular flexibility index (Phi) is 4.90. The molecule has 0 bridgehead atoms. The number of carbonyl (C=O) groups is 1. The van der Waals surface area contributed by atoms with Gasteiger partial charge >= 0.3 is 0 Å². The van der Waals surface area contributed by atoms with Gasteiger partial charge in [0.15, 0.2) is 0 Å². The molecule has 1 aliphatic heterocycles. The quantitative estimate of drug-likeness (QED) is 0.706. The zero-order chi connectivity index (χ0) is 10.4. The predicted molar refractivity (Wildman–Crippen MR) is 54.9 cm³/mol. The second-order valence-corrected chi connectivity index (χ2v) is 3.84. The van der Waals surface area contributed by atoms with Crippen molar-refractivity contribution in [2.45, 2.75) is 19.3 Å². The SMILES string of the molecule is COC[C@H]1CCCN(C(=O)CCN)C1. The molecule has 1 heterocycles. The third-order valence-electron chi connectivity index (χ3n) is 2.63. The summed E-state index contributed by atoms with van der Waals surface area (Å²) >= 11 is 0. The fourth-order valence-electron chi connectivity index (χ4n) is 1.94. The molecule has 0 aromatic heterocycles. The number of amides is 1. The Morgan fingerprint density at radius 1 is 1.64 bits per heavy atom. The lowest BCUT2D eigenvalue weighted by Crippen LogP contribution is -2.41. The van der Waals surface area contributed by atoms with Crippen LogP contribution in [-0.4, -0.2) is 44.2 Å². The Morgan fingerprint density at radius 2 is 2.43 bits per heavy atom. The number of piperidine rings is 1. The van der Waals surface area contributed by atoms with Gasteiger partial charge in [-0.3, -0.25) is 4.79 Å². The summed E-state index contributed by atoms with van der Waals surface area (Å²) in [6.07, 6.45) is 2.73. The lowest BCUT2D eigenvalue weighted by molar-refractivity contribution is -0.133. The van der Waals surface area contributed by atoms with Crippen LogP contribution in [0.5, 0.6) is 0 Å². The number of likely N-dealkylation sites (tertiary alicyclic amines) is 1. The standard InChI is InChI=1S/C10H20N2O2/c1-14-8-9-3-2-6-12(7-9)10(13)4-5-11/h9H,2-8,11H2,1H3/t9-/m0/s1. The lowest BCUT2D eigenvalue weighted by atomic mass is 9.99. The van der Waals surface area contributed by atoms with E-state index in [1.165, 1.54) is 6.42 Å². The van der Waals surface area contributed by atoms with E-state index in [1.807, 2.05) is 4.90 Å². The average molecular weight is 200 g/mol. The topological polar surface area (TPSA) is 55.6 Å². The van der Waals surface area contributed by atoms with Crippen molar-refractivity contribution in [1.29, 1.82) is 0 Å². The maximum Gasteiger partial charge on any atom is 0.223 e. The largest absolute Gasteiger partial charge is 0.384 e. The van der Waals surface area contributed by atoms with Gasteiger partial charge in [0, 0.05) is 33.2 Å². The Balaban J connectivity index is 2.35. The molecule has 0 aromatic carbocycles. The third kappa shape index (κ3) is 3.27. The second kappa shape index (κ2) is 5.98. The molecule has 4 heteroatoms. The third-order valence-corrected chi connectivity index (χ3v) is 2.63. The first-order valence-electron chi connectivity index (χ1n) is 5.24. The van der Waals surface area contributed by atoms with Gasteiger partial charge in [0.1, 0.15) is 0 Å². The smallest absolute Gasteiger partial charge is 0.223 e. The van der Waals surface area contributed by atoms with Gasteiger partial charge in [-0.15, -0.1) is 0 Å². The number of hydrogen-bond donors (Lipinski definition) is 1. The molecule has 0 spiro atoms. The highest BCUT2D eigenvalue weighted by molar-refractivity contribution is 5.76. The van der Waals surface area contributed by atoms with Crippen molar-refractivity contribution in [3.8, 4) is 0 Å². The molecule has 1 amide bonds. The first-order chi connectivity index (χ1) is 6.77. The lowest BCUT2D eigenvalue weighted by Gasteiger charge is -2.32. The average Bonchev–Trinajstić information content (AvgIpc) is 2.19. The fraction of sp³-hybridized carbons (Fsp3) is 0.900. The minimum Gasteiger partial charge on any atom is -0.384 e. The maximum atomic E-state index is 11.6. The van der Waals surface area contributed by atoms with Crippen molar-refractivity contribution in [3.63, 3.8) is 0 Å². The van der Waals surface area contributed by atoms with Crippen LogP contribution in [0.3, 0.4) is 0 Å². The normalized spacial score (nSPS) is 22.4. The van der Waals surface area contributed by atoms with Crippen molar-refractivity contribution in [2.24, 2.45) is 11.7 Å². The summed E-state index contributed by atoms with van der Waals surface area (Å²) in [6.45, 7) is 2.93. The molecule has 4 nitrogen and oxygen atoms in total.